The van der Waals surface area contributed by atoms with E-state index >= 15 is 0 Å². The second kappa shape index (κ2) is 6.45. The van der Waals surface area contributed by atoms with Gasteiger partial charge in [0, 0.05) is 6.54 Å². The van der Waals surface area contributed by atoms with Gasteiger partial charge in [0.2, 0.25) is 21.8 Å². The van der Waals surface area contributed by atoms with E-state index in [1.54, 1.807) is 0 Å². The van der Waals surface area contributed by atoms with E-state index in [1.165, 1.54) is 18.2 Å². The van der Waals surface area contributed by atoms with E-state index in [4.69, 9.17) is 0 Å². The van der Waals surface area contributed by atoms with E-state index in [0.29, 0.717) is 18.2 Å². The van der Waals surface area contributed by atoms with E-state index in [0.717, 1.165) is 6.42 Å². The molecule has 3 N–H and O–H groups in total. The molecule has 0 unspecified atom stereocenters. The minimum atomic E-state index is -3.65. The summed E-state index contributed by atoms with van der Waals surface area (Å²) in [6.07, 6.45) is 0.445. The number of nitrogens with one attached hydrogen (secondary N) is 3. The lowest BCUT2D eigenvalue weighted by atomic mass is 10.1. The molecule has 0 fully saturated rings. The predicted octanol–water partition coefficient (Wildman–Crippen LogP) is 1.29. The fraction of sp³-hybridized carbons (Fsp3) is 0.429. The summed E-state index contributed by atoms with van der Waals surface area (Å²) >= 11 is 0. The Kier molecular flexibility index (Phi) is 4.82. The number of hydrogen-bond acceptors (Lipinski definition) is 4. The van der Waals surface area contributed by atoms with Gasteiger partial charge in [0.1, 0.15) is 6.42 Å². The lowest BCUT2D eigenvalue weighted by Gasteiger charge is -2.11. The Morgan fingerprint density at radius 3 is 2.41 bits per heavy atom. The molecule has 0 spiro atoms. The van der Waals surface area contributed by atoms with Gasteiger partial charge in [0.25, 0.3) is 0 Å². The molecule has 2 rings (SSSR count). The molecule has 0 atom stereocenters. The van der Waals surface area contributed by atoms with E-state index in [1.807, 2.05) is 13.8 Å². The highest BCUT2D eigenvalue weighted by Gasteiger charge is 2.21. The summed E-state index contributed by atoms with van der Waals surface area (Å²) in [5.74, 6) is -0.510. The van der Waals surface area contributed by atoms with Gasteiger partial charge in [-0.3, -0.25) is 9.59 Å². The van der Waals surface area contributed by atoms with Crippen molar-refractivity contribution in [2.75, 3.05) is 17.2 Å². The Balaban J connectivity index is 2.23. The molecule has 1 aliphatic rings. The van der Waals surface area contributed by atoms with Crippen molar-refractivity contribution in [3.63, 3.8) is 0 Å². The minimum Gasteiger partial charge on any atom is -0.324 e. The second-order valence-corrected chi connectivity index (χ2v) is 7.33. The third-order valence-electron chi connectivity index (χ3n) is 3.18. The number of benzene rings is 1. The maximum atomic E-state index is 12.2. The smallest absolute Gasteiger partial charge is 0.240 e. The van der Waals surface area contributed by atoms with Crippen LogP contribution in [0.2, 0.25) is 0 Å². The molecule has 0 bridgehead atoms. The molecule has 1 aromatic rings. The Morgan fingerprint density at radius 1 is 1.14 bits per heavy atom. The number of rotatable bonds is 5. The number of anilines is 2. The highest BCUT2D eigenvalue weighted by molar-refractivity contribution is 7.89. The molecule has 120 valence electrons. The van der Waals surface area contributed by atoms with Crippen LogP contribution in [0.1, 0.15) is 26.7 Å². The Labute approximate surface area is 129 Å². The number of sulfonamides is 1. The standard InChI is InChI=1S/C14H19N3O4S/c1-9(2)5-6-15-22(20,21)10-3-4-11-12(7-10)17-14(19)8-13(18)16-11/h3-4,7,9,15H,5-6,8H2,1-2H3,(H,16,18)(H,17,19). The fourth-order valence-electron chi connectivity index (χ4n) is 2.00. The van der Waals surface area contributed by atoms with Gasteiger partial charge in [0.05, 0.1) is 16.3 Å². The molecule has 7 nitrogen and oxygen atoms in total. The van der Waals surface area contributed by atoms with Crippen LogP contribution in [0, 0.1) is 5.92 Å². The zero-order chi connectivity index (χ0) is 16.3. The van der Waals surface area contributed by atoms with Crippen LogP contribution in [-0.4, -0.2) is 26.8 Å². The molecule has 1 aliphatic heterocycles. The Morgan fingerprint density at radius 2 is 1.77 bits per heavy atom. The molecule has 0 aromatic heterocycles. The van der Waals surface area contributed by atoms with Gasteiger partial charge in [-0.05, 0) is 30.5 Å². The quantitative estimate of drug-likeness (QED) is 0.710. The summed E-state index contributed by atoms with van der Waals surface area (Å²) in [5.41, 5.74) is 0.666. The van der Waals surface area contributed by atoms with Gasteiger partial charge < -0.3 is 10.6 Å². The SMILES string of the molecule is CC(C)CCNS(=O)(=O)c1ccc2c(c1)NC(=O)CC(=O)N2. The van der Waals surface area contributed by atoms with Crippen LogP contribution in [0.3, 0.4) is 0 Å². The van der Waals surface area contributed by atoms with Crippen molar-refractivity contribution < 1.29 is 18.0 Å². The third kappa shape index (κ3) is 4.05. The van der Waals surface area contributed by atoms with Crippen molar-refractivity contribution in [2.45, 2.75) is 31.6 Å². The van der Waals surface area contributed by atoms with Gasteiger partial charge in [-0.1, -0.05) is 13.8 Å². The van der Waals surface area contributed by atoms with Crippen LogP contribution in [0.15, 0.2) is 23.1 Å². The van der Waals surface area contributed by atoms with Crippen LogP contribution in [0.4, 0.5) is 11.4 Å². The largest absolute Gasteiger partial charge is 0.324 e. The topological polar surface area (TPSA) is 104 Å². The number of carbonyl (C=O) groups excluding carboxylic acids is 2. The summed E-state index contributed by atoms with van der Waals surface area (Å²) < 4.78 is 27.0. The lowest BCUT2D eigenvalue weighted by molar-refractivity contribution is -0.123. The average Bonchev–Trinajstić information content (AvgIpc) is 2.53. The van der Waals surface area contributed by atoms with Crippen molar-refractivity contribution >= 4 is 33.2 Å². The number of fused-ring (bicyclic) bond motifs is 1. The van der Waals surface area contributed by atoms with Crippen molar-refractivity contribution in [2.24, 2.45) is 5.92 Å². The molecule has 0 saturated heterocycles. The molecule has 0 radical (unpaired) electrons. The van der Waals surface area contributed by atoms with E-state index < -0.39 is 21.8 Å². The van der Waals surface area contributed by atoms with Gasteiger partial charge in [-0.25, -0.2) is 13.1 Å². The first-order valence-electron chi connectivity index (χ1n) is 7.01. The molecular weight excluding hydrogens is 306 g/mol. The molecule has 0 aliphatic carbocycles. The van der Waals surface area contributed by atoms with Gasteiger partial charge in [-0.15, -0.1) is 0 Å². The fourth-order valence-corrected chi connectivity index (χ4v) is 3.08. The highest BCUT2D eigenvalue weighted by atomic mass is 32.2. The molecule has 22 heavy (non-hydrogen) atoms. The van der Waals surface area contributed by atoms with Crippen LogP contribution >= 0.6 is 0 Å². The van der Waals surface area contributed by atoms with Crippen molar-refractivity contribution in [1.82, 2.24) is 4.72 Å². The van der Waals surface area contributed by atoms with Crippen molar-refractivity contribution in [1.29, 1.82) is 0 Å². The molecule has 1 heterocycles. The van der Waals surface area contributed by atoms with Crippen molar-refractivity contribution in [3.05, 3.63) is 18.2 Å². The zero-order valence-corrected chi connectivity index (χ0v) is 13.3. The Bertz CT molecular complexity index is 698. The maximum Gasteiger partial charge on any atom is 0.240 e. The number of amides is 2. The summed E-state index contributed by atoms with van der Waals surface area (Å²) in [5, 5.41) is 5.08. The molecule has 1 aromatic carbocycles. The molecular formula is C14H19N3O4S. The summed E-state index contributed by atoms with van der Waals surface area (Å²) in [4.78, 5) is 23.0. The highest BCUT2D eigenvalue weighted by Crippen LogP contribution is 2.27. The lowest BCUT2D eigenvalue weighted by Crippen LogP contribution is -2.25. The molecule has 0 saturated carbocycles. The van der Waals surface area contributed by atoms with Gasteiger partial charge in [-0.2, -0.15) is 0 Å². The van der Waals surface area contributed by atoms with Gasteiger partial charge >= 0.3 is 0 Å². The predicted molar refractivity (Wildman–Crippen MR) is 83.0 cm³/mol. The van der Waals surface area contributed by atoms with Crippen LogP contribution in [0.5, 0.6) is 0 Å². The first-order chi connectivity index (χ1) is 10.3. The van der Waals surface area contributed by atoms with Crippen molar-refractivity contribution in [3.8, 4) is 0 Å². The van der Waals surface area contributed by atoms with E-state index in [9.17, 15) is 18.0 Å². The first kappa shape index (κ1) is 16.4. The van der Waals surface area contributed by atoms with Crippen LogP contribution in [0.25, 0.3) is 0 Å². The average molecular weight is 325 g/mol. The van der Waals surface area contributed by atoms with Crippen LogP contribution < -0.4 is 15.4 Å². The first-order valence-corrected chi connectivity index (χ1v) is 8.49. The van der Waals surface area contributed by atoms with E-state index in [-0.39, 0.29) is 17.0 Å². The number of hydrogen-bond donors (Lipinski definition) is 3. The molecule has 2 amide bonds. The summed E-state index contributed by atoms with van der Waals surface area (Å²) in [6, 6.07) is 4.21. The van der Waals surface area contributed by atoms with Crippen LogP contribution in [-0.2, 0) is 19.6 Å². The molecule has 8 heteroatoms. The number of carbonyl (C=O) groups is 2. The normalized spacial score (nSPS) is 15.0. The second-order valence-electron chi connectivity index (χ2n) is 5.56. The minimum absolute atomic E-state index is 0.0476. The van der Waals surface area contributed by atoms with E-state index in [2.05, 4.69) is 15.4 Å². The summed E-state index contributed by atoms with van der Waals surface area (Å²) in [7, 11) is -3.65. The third-order valence-corrected chi connectivity index (χ3v) is 4.64. The zero-order valence-electron chi connectivity index (χ0n) is 12.5. The maximum absolute atomic E-state index is 12.2. The monoisotopic (exact) mass is 325 g/mol. The van der Waals surface area contributed by atoms with Gasteiger partial charge in [0.15, 0.2) is 0 Å². The summed E-state index contributed by atoms with van der Waals surface area (Å²) in [6.45, 7) is 4.37. The Hall–Kier alpha value is -1.93.